The van der Waals surface area contributed by atoms with Crippen molar-refractivity contribution in [3.8, 4) is 0 Å². The Labute approximate surface area is 116 Å². The maximum atomic E-state index is 6.41. The summed E-state index contributed by atoms with van der Waals surface area (Å²) in [5, 5.41) is 8.82. The van der Waals surface area contributed by atoms with Gasteiger partial charge in [0.2, 0.25) is 0 Å². The standard InChI is InChI=1S/C14H26ClN3/c1-5-8-11(16-4)9-10-13-14(15)12(6-2)17-18(13)7-3/h11,16H,5-10H2,1-4H3. The van der Waals surface area contributed by atoms with Crippen molar-refractivity contribution in [2.45, 2.75) is 65.5 Å². The Balaban J connectivity index is 2.73. The molecule has 104 valence electrons. The molecule has 0 aromatic carbocycles. The molecule has 1 atom stereocenters. The van der Waals surface area contributed by atoms with Gasteiger partial charge in [0, 0.05) is 12.6 Å². The molecule has 18 heavy (non-hydrogen) atoms. The molecule has 1 unspecified atom stereocenters. The third-order valence-electron chi connectivity index (χ3n) is 3.47. The molecular weight excluding hydrogens is 246 g/mol. The van der Waals surface area contributed by atoms with Crippen LogP contribution in [0.25, 0.3) is 0 Å². The Morgan fingerprint density at radius 3 is 2.50 bits per heavy atom. The van der Waals surface area contributed by atoms with Gasteiger partial charge in [0.15, 0.2) is 0 Å². The second-order valence-corrected chi connectivity index (χ2v) is 5.07. The molecule has 0 amide bonds. The van der Waals surface area contributed by atoms with E-state index in [4.69, 9.17) is 11.6 Å². The highest BCUT2D eigenvalue weighted by Gasteiger charge is 2.15. The summed E-state index contributed by atoms with van der Waals surface area (Å²) in [7, 11) is 2.04. The lowest BCUT2D eigenvalue weighted by atomic mass is 10.0. The van der Waals surface area contributed by atoms with E-state index in [1.54, 1.807) is 0 Å². The van der Waals surface area contributed by atoms with Crippen molar-refractivity contribution in [2.75, 3.05) is 7.05 Å². The number of hydrogen-bond acceptors (Lipinski definition) is 2. The zero-order valence-corrected chi connectivity index (χ0v) is 12.8. The van der Waals surface area contributed by atoms with Crippen molar-refractivity contribution in [2.24, 2.45) is 0 Å². The van der Waals surface area contributed by atoms with Crippen LogP contribution in [-0.4, -0.2) is 22.9 Å². The van der Waals surface area contributed by atoms with E-state index >= 15 is 0 Å². The average Bonchev–Trinajstić information content (AvgIpc) is 2.70. The van der Waals surface area contributed by atoms with Gasteiger partial charge in [-0.2, -0.15) is 5.10 Å². The van der Waals surface area contributed by atoms with Gasteiger partial charge in [-0.15, -0.1) is 0 Å². The zero-order chi connectivity index (χ0) is 13.5. The van der Waals surface area contributed by atoms with E-state index in [1.165, 1.54) is 18.5 Å². The Bertz CT molecular complexity index is 360. The number of aryl methyl sites for hydroxylation is 2. The maximum Gasteiger partial charge on any atom is 0.0849 e. The Morgan fingerprint density at radius 2 is 2.00 bits per heavy atom. The molecule has 1 N–H and O–H groups in total. The lowest BCUT2D eigenvalue weighted by Crippen LogP contribution is -2.25. The fourth-order valence-corrected chi connectivity index (χ4v) is 2.71. The number of nitrogens with one attached hydrogen (secondary N) is 1. The monoisotopic (exact) mass is 271 g/mol. The summed E-state index contributed by atoms with van der Waals surface area (Å²) < 4.78 is 2.06. The SMILES string of the molecule is CCCC(CCc1c(Cl)c(CC)nn1CC)NC. The van der Waals surface area contributed by atoms with Crippen molar-refractivity contribution in [1.29, 1.82) is 0 Å². The van der Waals surface area contributed by atoms with Crippen LogP contribution in [0, 0.1) is 0 Å². The molecule has 0 aliphatic carbocycles. The normalized spacial score (nSPS) is 12.9. The fraction of sp³-hybridized carbons (Fsp3) is 0.786. The number of nitrogens with zero attached hydrogens (tertiary/aromatic N) is 2. The van der Waals surface area contributed by atoms with Gasteiger partial charge < -0.3 is 5.32 Å². The quantitative estimate of drug-likeness (QED) is 0.785. The van der Waals surface area contributed by atoms with E-state index in [2.05, 4.69) is 35.9 Å². The van der Waals surface area contributed by atoms with Crippen LogP contribution >= 0.6 is 11.6 Å². The highest BCUT2D eigenvalue weighted by atomic mass is 35.5. The smallest absolute Gasteiger partial charge is 0.0849 e. The van der Waals surface area contributed by atoms with Crippen LogP contribution in [0.15, 0.2) is 0 Å². The van der Waals surface area contributed by atoms with Gasteiger partial charge >= 0.3 is 0 Å². The number of aromatic nitrogens is 2. The Kier molecular flexibility index (Phi) is 6.72. The molecule has 0 aliphatic heterocycles. The molecule has 0 bridgehead atoms. The summed E-state index contributed by atoms with van der Waals surface area (Å²) in [5.74, 6) is 0. The van der Waals surface area contributed by atoms with Crippen LogP contribution in [0.2, 0.25) is 5.02 Å². The molecule has 1 aromatic heterocycles. The maximum absolute atomic E-state index is 6.41. The third-order valence-corrected chi connectivity index (χ3v) is 3.91. The molecular formula is C14H26ClN3. The second-order valence-electron chi connectivity index (χ2n) is 4.69. The van der Waals surface area contributed by atoms with Crippen LogP contribution < -0.4 is 5.32 Å². The topological polar surface area (TPSA) is 29.9 Å². The van der Waals surface area contributed by atoms with Crippen molar-refractivity contribution < 1.29 is 0 Å². The molecule has 3 nitrogen and oxygen atoms in total. The first-order valence-corrected chi connectivity index (χ1v) is 7.46. The summed E-state index contributed by atoms with van der Waals surface area (Å²) in [5.41, 5.74) is 2.23. The largest absolute Gasteiger partial charge is 0.317 e. The van der Waals surface area contributed by atoms with Gasteiger partial charge in [0.1, 0.15) is 0 Å². The summed E-state index contributed by atoms with van der Waals surface area (Å²) in [6, 6.07) is 0.580. The van der Waals surface area contributed by atoms with E-state index in [1.807, 2.05) is 7.05 Å². The predicted octanol–water partition coefficient (Wildman–Crippen LogP) is 3.44. The molecule has 0 saturated carbocycles. The summed E-state index contributed by atoms with van der Waals surface area (Å²) in [6.45, 7) is 7.34. The minimum Gasteiger partial charge on any atom is -0.317 e. The summed E-state index contributed by atoms with van der Waals surface area (Å²) >= 11 is 6.41. The van der Waals surface area contributed by atoms with Crippen LogP contribution in [-0.2, 0) is 19.4 Å². The highest BCUT2D eigenvalue weighted by molar-refractivity contribution is 6.31. The molecule has 1 heterocycles. The minimum atomic E-state index is 0.580. The summed E-state index contributed by atoms with van der Waals surface area (Å²) in [6.07, 6.45) is 5.47. The van der Waals surface area contributed by atoms with E-state index < -0.39 is 0 Å². The first kappa shape index (κ1) is 15.5. The lowest BCUT2D eigenvalue weighted by molar-refractivity contribution is 0.473. The summed E-state index contributed by atoms with van der Waals surface area (Å²) in [4.78, 5) is 0. The highest BCUT2D eigenvalue weighted by Crippen LogP contribution is 2.23. The van der Waals surface area contributed by atoms with Crippen LogP contribution in [0.5, 0.6) is 0 Å². The van der Waals surface area contributed by atoms with Gasteiger partial charge in [0.05, 0.1) is 16.4 Å². The van der Waals surface area contributed by atoms with Gasteiger partial charge in [-0.05, 0) is 39.7 Å². The first-order chi connectivity index (χ1) is 8.67. The lowest BCUT2D eigenvalue weighted by Gasteiger charge is -2.15. The molecule has 0 fully saturated rings. The first-order valence-electron chi connectivity index (χ1n) is 7.09. The predicted molar refractivity (Wildman–Crippen MR) is 78.4 cm³/mol. The van der Waals surface area contributed by atoms with Crippen molar-refractivity contribution in [3.05, 3.63) is 16.4 Å². The molecule has 1 rings (SSSR count). The van der Waals surface area contributed by atoms with Gasteiger partial charge in [-0.3, -0.25) is 4.68 Å². The molecule has 0 spiro atoms. The van der Waals surface area contributed by atoms with Crippen LogP contribution in [0.4, 0.5) is 0 Å². The number of hydrogen-bond donors (Lipinski definition) is 1. The molecule has 0 saturated heterocycles. The number of rotatable bonds is 8. The van der Waals surface area contributed by atoms with E-state index in [0.717, 1.165) is 36.5 Å². The fourth-order valence-electron chi connectivity index (χ4n) is 2.35. The van der Waals surface area contributed by atoms with Crippen molar-refractivity contribution >= 4 is 11.6 Å². The Morgan fingerprint density at radius 1 is 1.28 bits per heavy atom. The van der Waals surface area contributed by atoms with Crippen LogP contribution in [0.3, 0.4) is 0 Å². The van der Waals surface area contributed by atoms with E-state index in [9.17, 15) is 0 Å². The van der Waals surface area contributed by atoms with E-state index in [-0.39, 0.29) is 0 Å². The second kappa shape index (κ2) is 7.80. The van der Waals surface area contributed by atoms with E-state index in [0.29, 0.717) is 6.04 Å². The number of halogens is 1. The molecule has 0 aliphatic rings. The average molecular weight is 272 g/mol. The van der Waals surface area contributed by atoms with Crippen LogP contribution in [0.1, 0.15) is 51.4 Å². The van der Waals surface area contributed by atoms with Crippen molar-refractivity contribution in [3.63, 3.8) is 0 Å². The molecule has 4 heteroatoms. The zero-order valence-electron chi connectivity index (χ0n) is 12.1. The minimum absolute atomic E-state index is 0.580. The van der Waals surface area contributed by atoms with Gasteiger partial charge in [0.25, 0.3) is 0 Å². The molecule has 1 aromatic rings. The van der Waals surface area contributed by atoms with Gasteiger partial charge in [-0.25, -0.2) is 0 Å². The third kappa shape index (κ3) is 3.72. The van der Waals surface area contributed by atoms with Crippen molar-refractivity contribution in [1.82, 2.24) is 15.1 Å². The Hall–Kier alpha value is -0.540. The van der Waals surface area contributed by atoms with Gasteiger partial charge in [-0.1, -0.05) is 31.9 Å². The molecule has 0 radical (unpaired) electrons.